The highest BCUT2D eigenvalue weighted by Crippen LogP contribution is 2.38. The second-order valence-electron chi connectivity index (χ2n) is 6.05. The van der Waals surface area contributed by atoms with Gasteiger partial charge in [0, 0.05) is 16.2 Å². The number of carbonyl (C=O) groups is 1. The number of carboxylic acids is 1. The SMILES string of the molecule is C[n+]1c(C(=O)O)c(-c2cc(Cl)cc(Cl)c2)c(=O)n2c1SC[C@@H]2c1cnc(Cl)s1. The van der Waals surface area contributed by atoms with E-state index in [4.69, 9.17) is 34.8 Å². The van der Waals surface area contributed by atoms with Crippen LogP contribution in [-0.4, -0.2) is 26.4 Å². The number of aromatic carboxylic acids is 1. The van der Waals surface area contributed by atoms with E-state index in [0.29, 0.717) is 31.0 Å². The molecule has 0 radical (unpaired) electrons. The Bertz CT molecular complexity index is 1170. The third kappa shape index (κ3) is 3.23. The number of carboxylic acid groups (broad SMARTS) is 1. The molecule has 28 heavy (non-hydrogen) atoms. The van der Waals surface area contributed by atoms with Gasteiger partial charge in [0.2, 0.25) is 5.69 Å². The van der Waals surface area contributed by atoms with Crippen LogP contribution in [0.1, 0.15) is 21.4 Å². The molecule has 0 unspecified atom stereocenters. The Hall–Kier alpha value is -1.58. The lowest BCUT2D eigenvalue weighted by molar-refractivity contribution is -0.717. The summed E-state index contributed by atoms with van der Waals surface area (Å²) in [5.41, 5.74) is -0.163. The Labute approximate surface area is 182 Å². The van der Waals surface area contributed by atoms with Crippen molar-refractivity contribution in [1.82, 2.24) is 9.55 Å². The predicted molar refractivity (Wildman–Crippen MR) is 110 cm³/mol. The van der Waals surface area contributed by atoms with E-state index in [-0.39, 0.29) is 17.3 Å². The van der Waals surface area contributed by atoms with Crippen molar-refractivity contribution < 1.29 is 14.5 Å². The molecule has 0 fully saturated rings. The highest BCUT2D eigenvalue weighted by molar-refractivity contribution is 7.99. The zero-order valence-corrected chi connectivity index (χ0v) is 18.1. The minimum absolute atomic E-state index is 0.0336. The number of nitrogens with zero attached hydrogens (tertiary/aromatic N) is 3. The largest absolute Gasteiger partial charge is 0.475 e. The molecule has 1 aliphatic heterocycles. The van der Waals surface area contributed by atoms with E-state index >= 15 is 0 Å². The Balaban J connectivity index is 2.05. The average Bonchev–Trinajstić information content (AvgIpc) is 3.22. The maximum atomic E-state index is 13.5. The second kappa shape index (κ2) is 7.35. The van der Waals surface area contributed by atoms with Crippen molar-refractivity contribution >= 4 is 63.9 Å². The summed E-state index contributed by atoms with van der Waals surface area (Å²) >= 11 is 20.9. The first-order valence-electron chi connectivity index (χ1n) is 7.90. The van der Waals surface area contributed by atoms with Crippen LogP contribution in [0.3, 0.4) is 0 Å². The van der Waals surface area contributed by atoms with Gasteiger partial charge in [-0.3, -0.25) is 0 Å². The molecule has 0 saturated heterocycles. The number of halogens is 3. The quantitative estimate of drug-likeness (QED) is 0.455. The Morgan fingerprint density at radius 1 is 1.29 bits per heavy atom. The number of hydrogen-bond donors (Lipinski definition) is 1. The van der Waals surface area contributed by atoms with E-state index in [1.165, 1.54) is 45.9 Å². The minimum Gasteiger partial charge on any atom is -0.475 e. The number of thiazole rings is 1. The first-order chi connectivity index (χ1) is 13.3. The highest BCUT2D eigenvalue weighted by Gasteiger charge is 2.41. The van der Waals surface area contributed by atoms with Crippen LogP contribution in [-0.2, 0) is 7.05 Å². The van der Waals surface area contributed by atoms with Gasteiger partial charge in [-0.05, 0) is 35.5 Å². The van der Waals surface area contributed by atoms with Gasteiger partial charge in [0.05, 0.1) is 17.7 Å². The fourth-order valence-corrected chi connectivity index (χ4v) is 6.19. The van der Waals surface area contributed by atoms with E-state index in [2.05, 4.69) is 4.98 Å². The summed E-state index contributed by atoms with van der Waals surface area (Å²) in [6.07, 6.45) is 1.64. The summed E-state index contributed by atoms with van der Waals surface area (Å²) in [4.78, 5) is 30.4. The average molecular weight is 476 g/mol. The lowest BCUT2D eigenvalue weighted by Crippen LogP contribution is -2.46. The van der Waals surface area contributed by atoms with Gasteiger partial charge in [-0.15, -0.1) is 11.3 Å². The van der Waals surface area contributed by atoms with Crippen LogP contribution in [0.5, 0.6) is 0 Å². The smallest absolute Gasteiger partial charge is 0.377 e. The van der Waals surface area contributed by atoms with Gasteiger partial charge in [0.15, 0.2) is 10.5 Å². The van der Waals surface area contributed by atoms with Gasteiger partial charge in [0.1, 0.15) is 5.56 Å². The molecular formula is C17H11Cl3N3O3S2+. The minimum atomic E-state index is -1.21. The van der Waals surface area contributed by atoms with E-state index in [9.17, 15) is 14.7 Å². The summed E-state index contributed by atoms with van der Waals surface area (Å²) in [6, 6.07) is 4.30. The fraction of sp³-hybridized carbons (Fsp3) is 0.176. The standard InChI is InChI=1S/C17H10Cl3N3O3S2/c1-22-13(15(25)26)12(7-2-8(18)4-9(19)3-7)14(24)23-10(6-27-17(22)23)11-5-21-16(20)28-11/h2-5,10H,6H2,1H3/p+1/t10-/m1/s1. The monoisotopic (exact) mass is 474 g/mol. The van der Waals surface area contributed by atoms with Crippen molar-refractivity contribution in [3.05, 3.63) is 59.8 Å². The van der Waals surface area contributed by atoms with Crippen molar-refractivity contribution in [3.8, 4) is 11.1 Å². The first kappa shape index (κ1) is 19.7. The number of hydrogen-bond acceptors (Lipinski definition) is 5. The van der Waals surface area contributed by atoms with Crippen LogP contribution in [0.2, 0.25) is 14.5 Å². The van der Waals surface area contributed by atoms with Crippen molar-refractivity contribution in [2.75, 3.05) is 5.75 Å². The number of rotatable bonds is 3. The van der Waals surface area contributed by atoms with Gasteiger partial charge < -0.3 is 5.11 Å². The summed E-state index contributed by atoms with van der Waals surface area (Å²) < 4.78 is 3.49. The number of benzene rings is 1. The molecule has 2 aromatic heterocycles. The maximum Gasteiger partial charge on any atom is 0.377 e. The Morgan fingerprint density at radius 3 is 2.54 bits per heavy atom. The molecule has 0 aliphatic carbocycles. The van der Waals surface area contributed by atoms with E-state index in [1.807, 2.05) is 0 Å². The number of thioether (sulfide) groups is 1. The van der Waals surface area contributed by atoms with Crippen LogP contribution < -0.4 is 10.1 Å². The van der Waals surface area contributed by atoms with Crippen molar-refractivity contribution in [1.29, 1.82) is 0 Å². The van der Waals surface area contributed by atoms with Crippen LogP contribution in [0, 0.1) is 0 Å². The molecular weight excluding hydrogens is 465 g/mol. The van der Waals surface area contributed by atoms with Gasteiger partial charge in [0.25, 0.3) is 0 Å². The third-order valence-electron chi connectivity index (χ3n) is 4.36. The predicted octanol–water partition coefficient (Wildman–Crippen LogP) is 4.15. The van der Waals surface area contributed by atoms with Crippen LogP contribution in [0.15, 0.2) is 34.3 Å². The molecule has 0 bridgehead atoms. The Morgan fingerprint density at radius 2 is 1.96 bits per heavy atom. The van der Waals surface area contributed by atoms with Crippen LogP contribution in [0.4, 0.5) is 0 Å². The molecule has 3 aromatic rings. The zero-order chi connectivity index (χ0) is 20.2. The topological polar surface area (TPSA) is 76.1 Å². The fourth-order valence-electron chi connectivity index (χ4n) is 3.24. The van der Waals surface area contributed by atoms with Crippen LogP contribution >= 0.6 is 57.9 Å². The van der Waals surface area contributed by atoms with Gasteiger partial charge in [-0.25, -0.2) is 19.1 Å². The van der Waals surface area contributed by atoms with Crippen molar-refractivity contribution in [2.24, 2.45) is 7.05 Å². The lowest BCUT2D eigenvalue weighted by Gasteiger charge is -2.12. The third-order valence-corrected chi connectivity index (χ3v) is 7.22. The summed E-state index contributed by atoms with van der Waals surface area (Å²) in [6.45, 7) is 0. The summed E-state index contributed by atoms with van der Waals surface area (Å²) in [5.74, 6) is -0.639. The van der Waals surface area contributed by atoms with E-state index < -0.39 is 11.5 Å². The maximum absolute atomic E-state index is 13.5. The molecule has 1 atom stereocenters. The highest BCUT2D eigenvalue weighted by atomic mass is 35.5. The zero-order valence-electron chi connectivity index (χ0n) is 14.1. The summed E-state index contributed by atoms with van der Waals surface area (Å²) in [7, 11) is 1.62. The molecule has 11 heteroatoms. The molecule has 1 aliphatic rings. The molecule has 0 spiro atoms. The lowest BCUT2D eigenvalue weighted by atomic mass is 10.0. The molecule has 1 N–H and O–H groups in total. The molecule has 144 valence electrons. The molecule has 0 saturated carbocycles. The normalized spacial score (nSPS) is 15.6. The summed E-state index contributed by atoms with van der Waals surface area (Å²) in [5, 5.41) is 11.0. The number of fused-ring (bicyclic) bond motifs is 1. The Kier molecular flexibility index (Phi) is 5.18. The molecule has 1 aromatic carbocycles. The van der Waals surface area contributed by atoms with Crippen LogP contribution in [0.25, 0.3) is 11.1 Å². The molecule has 0 amide bonds. The van der Waals surface area contributed by atoms with E-state index in [1.54, 1.807) is 17.8 Å². The molecule has 6 nitrogen and oxygen atoms in total. The second-order valence-corrected chi connectivity index (χ2v) is 9.55. The van der Waals surface area contributed by atoms with Crippen molar-refractivity contribution in [3.63, 3.8) is 0 Å². The molecule has 3 heterocycles. The van der Waals surface area contributed by atoms with Crippen molar-refractivity contribution in [2.45, 2.75) is 11.2 Å². The first-order valence-corrected chi connectivity index (χ1v) is 10.8. The molecule has 4 rings (SSSR count). The van der Waals surface area contributed by atoms with Gasteiger partial charge in [-0.1, -0.05) is 34.8 Å². The van der Waals surface area contributed by atoms with E-state index in [0.717, 1.165) is 4.88 Å². The van der Waals surface area contributed by atoms with Gasteiger partial charge in [-0.2, -0.15) is 4.57 Å². The van der Waals surface area contributed by atoms with Gasteiger partial charge >= 0.3 is 16.7 Å². The number of aromatic nitrogens is 3.